The van der Waals surface area contributed by atoms with E-state index in [0.717, 1.165) is 51.6 Å². The number of aliphatic hydroxyl groups is 2. The van der Waals surface area contributed by atoms with Gasteiger partial charge in [0.25, 0.3) is 0 Å². The van der Waals surface area contributed by atoms with Crippen LogP contribution in [0.15, 0.2) is 42.0 Å². The molecule has 184 valence electrons. The second-order valence-electron chi connectivity index (χ2n) is 10.7. The van der Waals surface area contributed by atoms with Crippen molar-refractivity contribution in [1.82, 2.24) is 0 Å². The van der Waals surface area contributed by atoms with Crippen LogP contribution in [0.2, 0.25) is 0 Å². The molecule has 1 heterocycles. The largest absolute Gasteiger partial charge is 0.396 e. The highest BCUT2D eigenvalue weighted by molar-refractivity contribution is 5.28. The van der Waals surface area contributed by atoms with Crippen LogP contribution in [0.5, 0.6) is 0 Å². The standard InChI is InChI=1S/C28H42O5/c1-21-11-12-23-26(28(21,19-29)15-17-33-25-10-6-7-16-32-25)24(30)13-14-27(23,2)20-31-18-22-8-4-3-5-9-22/h3-5,8-9,12,21,24-26,29-30H,6-7,10-11,13-20H2,1-2H3/t21-,24-,25?,26+,27+,28+/m1/s1. The number of aliphatic hydroxyl groups excluding tert-OH is 2. The van der Waals surface area contributed by atoms with E-state index in [9.17, 15) is 10.2 Å². The van der Waals surface area contributed by atoms with E-state index in [-0.39, 0.29) is 35.6 Å². The van der Waals surface area contributed by atoms with Crippen LogP contribution < -0.4 is 0 Å². The van der Waals surface area contributed by atoms with Gasteiger partial charge in [-0.15, -0.1) is 0 Å². The van der Waals surface area contributed by atoms with Gasteiger partial charge in [0.2, 0.25) is 0 Å². The Morgan fingerprint density at radius 3 is 2.70 bits per heavy atom. The lowest BCUT2D eigenvalue weighted by molar-refractivity contribution is -0.174. The van der Waals surface area contributed by atoms with E-state index in [1.807, 2.05) is 18.2 Å². The Hall–Kier alpha value is -1.24. The molecule has 1 saturated heterocycles. The topological polar surface area (TPSA) is 68.2 Å². The molecule has 2 N–H and O–H groups in total. The summed E-state index contributed by atoms with van der Waals surface area (Å²) >= 11 is 0. The van der Waals surface area contributed by atoms with Gasteiger partial charge in [-0.1, -0.05) is 55.8 Å². The van der Waals surface area contributed by atoms with Gasteiger partial charge in [-0.25, -0.2) is 0 Å². The Morgan fingerprint density at radius 2 is 1.97 bits per heavy atom. The van der Waals surface area contributed by atoms with Gasteiger partial charge < -0.3 is 24.4 Å². The third-order valence-corrected chi connectivity index (χ3v) is 8.54. The number of ether oxygens (including phenoxy) is 3. The highest BCUT2D eigenvalue weighted by atomic mass is 16.7. The van der Waals surface area contributed by atoms with Crippen LogP contribution in [0.4, 0.5) is 0 Å². The quantitative estimate of drug-likeness (QED) is 0.518. The minimum atomic E-state index is -0.445. The van der Waals surface area contributed by atoms with Gasteiger partial charge in [-0.3, -0.25) is 0 Å². The third-order valence-electron chi connectivity index (χ3n) is 8.54. The van der Waals surface area contributed by atoms with Gasteiger partial charge in [0.1, 0.15) is 0 Å². The molecule has 0 radical (unpaired) electrons. The van der Waals surface area contributed by atoms with Crippen LogP contribution in [0.25, 0.3) is 0 Å². The van der Waals surface area contributed by atoms with Crippen LogP contribution in [0.1, 0.15) is 64.4 Å². The molecular weight excluding hydrogens is 416 g/mol. The van der Waals surface area contributed by atoms with Crippen LogP contribution in [-0.4, -0.2) is 49.0 Å². The molecule has 2 aliphatic carbocycles. The average molecular weight is 459 g/mol. The predicted octanol–water partition coefficient (Wildman–Crippen LogP) is 4.86. The Labute approximate surface area is 199 Å². The zero-order valence-corrected chi connectivity index (χ0v) is 20.4. The van der Waals surface area contributed by atoms with Gasteiger partial charge >= 0.3 is 0 Å². The maximum atomic E-state index is 11.2. The van der Waals surface area contributed by atoms with E-state index in [0.29, 0.717) is 19.8 Å². The van der Waals surface area contributed by atoms with Crippen molar-refractivity contribution in [3.8, 4) is 0 Å². The van der Waals surface area contributed by atoms with Crippen molar-refractivity contribution in [2.45, 2.75) is 77.8 Å². The predicted molar refractivity (Wildman–Crippen MR) is 128 cm³/mol. The number of hydrogen-bond acceptors (Lipinski definition) is 5. The fraction of sp³-hybridized carbons (Fsp3) is 0.714. The molecule has 0 aromatic heterocycles. The Balaban J connectivity index is 1.47. The summed E-state index contributed by atoms with van der Waals surface area (Å²) in [5, 5.41) is 22.0. The first-order chi connectivity index (χ1) is 16.0. The summed E-state index contributed by atoms with van der Waals surface area (Å²) in [6.07, 6.45) is 8.21. The van der Waals surface area contributed by atoms with E-state index >= 15 is 0 Å². The zero-order valence-electron chi connectivity index (χ0n) is 20.4. The molecule has 2 fully saturated rings. The summed E-state index contributed by atoms with van der Waals surface area (Å²) in [5.41, 5.74) is 1.92. The molecule has 1 unspecified atom stereocenters. The highest BCUT2D eigenvalue weighted by Crippen LogP contribution is 2.58. The van der Waals surface area contributed by atoms with Gasteiger partial charge in [-0.05, 0) is 56.4 Å². The van der Waals surface area contributed by atoms with E-state index in [1.165, 1.54) is 11.1 Å². The van der Waals surface area contributed by atoms with E-state index in [4.69, 9.17) is 14.2 Å². The van der Waals surface area contributed by atoms with Crippen LogP contribution in [0, 0.1) is 22.7 Å². The summed E-state index contributed by atoms with van der Waals surface area (Å²) in [6, 6.07) is 10.3. The third kappa shape index (κ3) is 5.38. The second-order valence-corrected chi connectivity index (χ2v) is 10.7. The lowest BCUT2D eigenvalue weighted by Crippen LogP contribution is -2.54. The van der Waals surface area contributed by atoms with Crippen molar-refractivity contribution >= 4 is 0 Å². The minimum Gasteiger partial charge on any atom is -0.396 e. The number of hydrogen-bond donors (Lipinski definition) is 2. The van der Waals surface area contributed by atoms with Crippen molar-refractivity contribution in [2.24, 2.45) is 22.7 Å². The molecule has 1 aromatic carbocycles. The first-order valence-corrected chi connectivity index (χ1v) is 12.8. The summed E-state index contributed by atoms with van der Waals surface area (Å²) < 4.78 is 18.0. The first-order valence-electron chi connectivity index (χ1n) is 12.8. The summed E-state index contributed by atoms with van der Waals surface area (Å²) in [5.74, 6) is 0.204. The molecule has 1 aromatic rings. The molecule has 1 saturated carbocycles. The second kappa shape index (κ2) is 11.0. The molecule has 5 nitrogen and oxygen atoms in total. The smallest absolute Gasteiger partial charge is 0.157 e. The molecule has 0 spiro atoms. The van der Waals surface area contributed by atoms with Crippen molar-refractivity contribution in [2.75, 3.05) is 26.4 Å². The van der Waals surface area contributed by atoms with Crippen LogP contribution >= 0.6 is 0 Å². The molecule has 5 heteroatoms. The number of benzene rings is 1. The van der Waals surface area contributed by atoms with Crippen molar-refractivity contribution in [1.29, 1.82) is 0 Å². The van der Waals surface area contributed by atoms with Crippen LogP contribution in [0.3, 0.4) is 0 Å². The first kappa shape index (κ1) is 24.9. The van der Waals surface area contributed by atoms with E-state index in [2.05, 4.69) is 32.1 Å². The maximum absolute atomic E-state index is 11.2. The Kier molecular flexibility index (Phi) is 8.29. The van der Waals surface area contributed by atoms with Crippen molar-refractivity contribution < 1.29 is 24.4 Å². The monoisotopic (exact) mass is 458 g/mol. The van der Waals surface area contributed by atoms with Gasteiger partial charge in [0.05, 0.1) is 25.9 Å². The Bertz CT molecular complexity index is 774. The minimum absolute atomic E-state index is 0.0586. The Morgan fingerprint density at radius 1 is 1.15 bits per heavy atom. The fourth-order valence-corrected chi connectivity index (χ4v) is 6.35. The fourth-order valence-electron chi connectivity index (χ4n) is 6.35. The van der Waals surface area contributed by atoms with E-state index in [1.54, 1.807) is 0 Å². The molecule has 6 atom stereocenters. The zero-order chi connectivity index (χ0) is 23.3. The van der Waals surface area contributed by atoms with Gasteiger partial charge in [-0.2, -0.15) is 0 Å². The molecule has 1 aliphatic heterocycles. The maximum Gasteiger partial charge on any atom is 0.157 e. The molecular formula is C28H42O5. The lowest BCUT2D eigenvalue weighted by atomic mass is 9.50. The molecule has 0 bridgehead atoms. The molecule has 33 heavy (non-hydrogen) atoms. The SMILES string of the molecule is C[C@@H]1CC=C2[C@@H]([C@H](O)CC[C@@]2(C)COCc2ccccc2)[C@]1(CO)CCOC1CCCCO1. The summed E-state index contributed by atoms with van der Waals surface area (Å²) in [6.45, 7) is 7.07. The molecule has 4 rings (SSSR count). The van der Waals surface area contributed by atoms with E-state index < -0.39 is 6.10 Å². The average Bonchev–Trinajstić information content (AvgIpc) is 2.84. The van der Waals surface area contributed by atoms with Gasteiger partial charge in [0.15, 0.2) is 6.29 Å². The lowest BCUT2D eigenvalue weighted by Gasteiger charge is -2.56. The number of fused-ring (bicyclic) bond motifs is 1. The number of allylic oxidation sites excluding steroid dienone is 1. The van der Waals surface area contributed by atoms with Crippen molar-refractivity contribution in [3.63, 3.8) is 0 Å². The molecule has 3 aliphatic rings. The summed E-state index contributed by atoms with van der Waals surface area (Å²) in [4.78, 5) is 0. The summed E-state index contributed by atoms with van der Waals surface area (Å²) in [7, 11) is 0. The normalized spacial score (nSPS) is 36.8. The highest BCUT2D eigenvalue weighted by Gasteiger charge is 2.55. The van der Waals surface area contributed by atoms with Crippen LogP contribution in [-0.2, 0) is 20.8 Å². The van der Waals surface area contributed by atoms with Gasteiger partial charge in [0, 0.05) is 30.0 Å². The number of rotatable bonds is 9. The van der Waals surface area contributed by atoms with Crippen molar-refractivity contribution in [3.05, 3.63) is 47.5 Å². The molecule has 0 amide bonds.